The molecule has 1 amide bonds. The highest BCUT2D eigenvalue weighted by Crippen LogP contribution is 2.44. The monoisotopic (exact) mass is 480 g/mol. The molecule has 5 atom stereocenters. The van der Waals surface area contributed by atoms with Gasteiger partial charge in [-0.15, -0.1) is 0 Å². The van der Waals surface area contributed by atoms with Gasteiger partial charge >= 0.3 is 0 Å². The number of ether oxygens (including phenoxy) is 3. The molecule has 1 fully saturated rings. The van der Waals surface area contributed by atoms with Crippen LogP contribution in [0.3, 0.4) is 0 Å². The average Bonchev–Trinajstić information content (AvgIpc) is 2.65. The van der Waals surface area contributed by atoms with E-state index in [-0.39, 0.29) is 16.8 Å². The molecule has 2 rings (SSSR count). The molecule has 0 aliphatic carbocycles. The Morgan fingerprint density at radius 2 is 1.76 bits per heavy atom. The van der Waals surface area contributed by atoms with Crippen LogP contribution >= 0.6 is 0 Å². The van der Waals surface area contributed by atoms with Crippen molar-refractivity contribution in [2.75, 3.05) is 0 Å². The summed E-state index contributed by atoms with van der Waals surface area (Å²) in [6.07, 6.45) is -3.98. The maximum atomic E-state index is 11.9. The number of nitrogens with zero attached hydrogens (tertiary/aromatic N) is 1. The summed E-state index contributed by atoms with van der Waals surface area (Å²) in [7, 11) is 3.42. The highest BCUT2D eigenvalue weighted by molar-refractivity contribution is 6.36. The lowest BCUT2D eigenvalue weighted by Gasteiger charge is -2.55. The molecular weight excluding hydrogens is 448 g/mol. The number of aliphatic hydroxyl groups is 2. The number of amides is 1. The molecule has 1 aliphatic heterocycles. The minimum absolute atomic E-state index is 0.125. The third-order valence-corrected chi connectivity index (χ3v) is 5.64. The van der Waals surface area contributed by atoms with Crippen LogP contribution in [0.2, 0.25) is 0 Å². The zero-order valence-corrected chi connectivity index (χ0v) is 20.9. The van der Waals surface area contributed by atoms with Crippen molar-refractivity contribution >= 4 is 26.8 Å². The molecule has 0 spiro atoms. The fourth-order valence-electron chi connectivity index (χ4n) is 3.65. The molecule has 1 aliphatic rings. The zero-order chi connectivity index (χ0) is 25.4. The molecule has 11 heteroatoms. The molecule has 2 radical (unpaired) electrons. The third-order valence-electron chi connectivity index (χ3n) is 5.28. The van der Waals surface area contributed by atoms with E-state index in [1.165, 1.54) is 31.2 Å². The maximum absolute atomic E-state index is 11.9. The number of hydrogen-bond donors (Lipinski definition) is 3. The number of nitrogens with one attached hydrogen (secondary N) is 1. The number of non-ortho nitro benzene ring substituents is 1. The Hall–Kier alpha value is -2.34. The van der Waals surface area contributed by atoms with Crippen molar-refractivity contribution in [3.8, 4) is 5.75 Å². The van der Waals surface area contributed by atoms with Gasteiger partial charge in [0, 0.05) is 19.1 Å². The van der Waals surface area contributed by atoms with Crippen LogP contribution in [-0.2, 0) is 14.3 Å². The summed E-state index contributed by atoms with van der Waals surface area (Å²) in [5.41, 5.74) is -3.60. The van der Waals surface area contributed by atoms with E-state index >= 15 is 0 Å². The van der Waals surface area contributed by atoms with Crippen LogP contribution < -0.4 is 10.1 Å². The molecule has 0 bridgehead atoms. The van der Waals surface area contributed by atoms with Gasteiger partial charge in [-0.3, -0.25) is 14.9 Å². The lowest BCUT2D eigenvalue weighted by Crippen LogP contribution is -2.76. The van der Waals surface area contributed by atoms with Crippen molar-refractivity contribution < 1.29 is 34.1 Å². The lowest BCUT2D eigenvalue weighted by molar-refractivity contribution is -0.384. The van der Waals surface area contributed by atoms with E-state index in [9.17, 15) is 25.1 Å². The van der Waals surface area contributed by atoms with Crippen LogP contribution in [0, 0.1) is 15.5 Å². The summed E-state index contributed by atoms with van der Waals surface area (Å²) in [5, 5.41) is 36.8. The molecule has 33 heavy (non-hydrogen) atoms. The molecule has 0 aromatic heterocycles. The van der Waals surface area contributed by atoms with Crippen molar-refractivity contribution in [3.63, 3.8) is 0 Å². The summed E-state index contributed by atoms with van der Waals surface area (Å²) < 4.78 is 17.9. The summed E-state index contributed by atoms with van der Waals surface area (Å²) >= 11 is 0. The standard InChI is InChI=1S/C22H32N2O8Si/c1-12(25)23-15-16(26)22(27,20(2,3)4)17(19(33)32-21(5,6)7)31-18(15)30-14-10-8-13(9-11-14)24(28)29/h8-11,15-18,26-27H,1-7H3,(H,23,25)/t15-,16-,17-,18+,22-/m1/s1. The van der Waals surface area contributed by atoms with E-state index in [1.54, 1.807) is 20.8 Å². The summed E-state index contributed by atoms with van der Waals surface area (Å²) in [6, 6.07) is 4.11. The molecule has 1 aromatic carbocycles. The van der Waals surface area contributed by atoms with Gasteiger partial charge in [0.2, 0.25) is 12.2 Å². The number of carbonyl (C=O) groups is 1. The SMILES string of the molecule is CC(=O)N[C@H]1[C@@H](Oc2ccc([N+](=O)[O-])cc2)O[C@H](C(=[Si])OC(C)(C)C)[C@@](O)(C(C)(C)C)[C@@H]1O. The average molecular weight is 481 g/mol. The van der Waals surface area contributed by atoms with Gasteiger partial charge in [-0.1, -0.05) is 20.8 Å². The highest BCUT2D eigenvalue weighted by Gasteiger charge is 2.62. The van der Waals surface area contributed by atoms with Crippen molar-refractivity contribution in [1.29, 1.82) is 0 Å². The summed E-state index contributed by atoms with van der Waals surface area (Å²) in [5.74, 6) is -0.261. The Morgan fingerprint density at radius 1 is 1.21 bits per heavy atom. The first-order valence-electron chi connectivity index (χ1n) is 10.5. The first-order chi connectivity index (χ1) is 15.0. The van der Waals surface area contributed by atoms with E-state index < -0.39 is 52.0 Å². The van der Waals surface area contributed by atoms with Crippen LogP contribution in [0.25, 0.3) is 0 Å². The van der Waals surface area contributed by atoms with Crippen LogP contribution in [-0.4, -0.2) is 72.0 Å². The van der Waals surface area contributed by atoms with Gasteiger partial charge in [-0.2, -0.15) is 0 Å². The van der Waals surface area contributed by atoms with Crippen LogP contribution in [0.4, 0.5) is 5.69 Å². The van der Waals surface area contributed by atoms with Crippen molar-refractivity contribution in [2.24, 2.45) is 5.41 Å². The Labute approximate surface area is 196 Å². The van der Waals surface area contributed by atoms with Crippen LogP contribution in [0.5, 0.6) is 5.75 Å². The van der Waals surface area contributed by atoms with Crippen molar-refractivity contribution in [3.05, 3.63) is 34.4 Å². The van der Waals surface area contributed by atoms with Gasteiger partial charge in [0.15, 0.2) is 0 Å². The number of carbonyl (C=O) groups excluding carboxylic acids is 1. The summed E-state index contributed by atoms with van der Waals surface area (Å²) in [4.78, 5) is 22.3. The van der Waals surface area contributed by atoms with Crippen molar-refractivity contribution in [2.45, 2.75) is 84.2 Å². The second-order valence-corrected chi connectivity index (χ2v) is 10.6. The van der Waals surface area contributed by atoms with E-state index in [0.29, 0.717) is 0 Å². The molecule has 182 valence electrons. The Balaban J connectivity index is 2.50. The molecule has 1 aromatic rings. The number of hydrogen-bond acceptors (Lipinski definition) is 8. The summed E-state index contributed by atoms with van der Waals surface area (Å²) in [6.45, 7) is 11.9. The normalized spacial score (nSPS) is 28.0. The largest absolute Gasteiger partial charge is 0.495 e. The first-order valence-corrected chi connectivity index (χ1v) is 11.0. The van der Waals surface area contributed by atoms with Crippen molar-refractivity contribution in [1.82, 2.24) is 5.32 Å². The Morgan fingerprint density at radius 3 is 2.18 bits per heavy atom. The molecule has 1 heterocycles. The van der Waals surface area contributed by atoms with E-state index in [2.05, 4.69) is 15.2 Å². The Bertz CT molecular complexity index is 893. The second-order valence-electron chi connectivity index (χ2n) is 10.1. The molecular formula is C22H32N2O8Si. The number of rotatable bonds is 6. The van der Waals surface area contributed by atoms with E-state index in [0.717, 1.165) is 0 Å². The molecule has 0 unspecified atom stereocenters. The lowest BCUT2D eigenvalue weighted by atomic mass is 9.66. The zero-order valence-electron chi connectivity index (χ0n) is 19.9. The van der Waals surface area contributed by atoms with Gasteiger partial charge in [0.05, 0.1) is 20.4 Å². The minimum Gasteiger partial charge on any atom is -0.495 e. The highest BCUT2D eigenvalue weighted by atomic mass is 28.1. The van der Waals surface area contributed by atoms with E-state index in [1.807, 2.05) is 20.8 Å². The predicted octanol–water partition coefficient (Wildman–Crippen LogP) is 1.45. The van der Waals surface area contributed by atoms with E-state index in [4.69, 9.17) is 14.2 Å². The van der Waals surface area contributed by atoms with Gasteiger partial charge < -0.3 is 29.7 Å². The number of aliphatic hydroxyl groups excluding tert-OH is 1. The topological polar surface area (TPSA) is 140 Å². The Kier molecular flexibility index (Phi) is 7.74. The predicted molar refractivity (Wildman–Crippen MR) is 122 cm³/mol. The molecule has 1 saturated heterocycles. The van der Waals surface area contributed by atoms with Crippen LogP contribution in [0.15, 0.2) is 24.3 Å². The molecule has 3 N–H and O–H groups in total. The smallest absolute Gasteiger partial charge is 0.269 e. The number of nitro groups is 1. The minimum atomic E-state index is -1.90. The molecule has 10 nitrogen and oxygen atoms in total. The third kappa shape index (κ3) is 5.97. The maximum Gasteiger partial charge on any atom is 0.269 e. The number of nitro benzene ring substituents is 1. The van der Waals surface area contributed by atoms with Gasteiger partial charge in [-0.05, 0) is 38.3 Å². The first kappa shape index (κ1) is 26.9. The fraction of sp³-hybridized carbons (Fsp3) is 0.636. The van der Waals surface area contributed by atoms with Gasteiger partial charge in [0.25, 0.3) is 5.69 Å². The van der Waals surface area contributed by atoms with Gasteiger partial charge in [-0.25, -0.2) is 0 Å². The fourth-order valence-corrected chi connectivity index (χ4v) is 4.24. The van der Waals surface area contributed by atoms with Gasteiger partial charge in [0.1, 0.15) is 35.0 Å². The molecule has 0 saturated carbocycles. The van der Waals surface area contributed by atoms with Crippen LogP contribution in [0.1, 0.15) is 48.5 Å². The quantitative estimate of drug-likeness (QED) is 0.316. The second kappa shape index (κ2) is 9.49. The number of benzene rings is 1.